The number of carbonyl (C=O) groups excluding carboxylic acids is 2. The van der Waals surface area contributed by atoms with Crippen molar-refractivity contribution in [1.29, 1.82) is 5.26 Å². The van der Waals surface area contributed by atoms with Crippen molar-refractivity contribution < 1.29 is 9.59 Å². The number of rotatable bonds is 0. The molecule has 16 heavy (non-hydrogen) atoms. The number of fused-ring (bicyclic) bond motifs is 1. The molecule has 8 heteroatoms. The number of nitriles is 1. The lowest BCUT2D eigenvalue weighted by Crippen LogP contribution is -2.20. The van der Waals surface area contributed by atoms with Gasteiger partial charge in [-0.3, -0.25) is 0 Å². The number of aliphatic imine (C=N–C) groups is 1. The fraction of sp³-hybridized carbons (Fsp3) is 0.500. The number of amidine groups is 1. The molecular formula is C8H10N6O2. The standard InChI is InChI=1S/2C4H5N3O/c5-3-2-1-7(2)4(8)6-3;5-1-3-2-7(3)4(6)8/h2H,1H2,(H2,5,6,8);3H,2H2,(H2,6,8). The third-order valence-corrected chi connectivity index (χ3v) is 2.47. The summed E-state index contributed by atoms with van der Waals surface area (Å²) in [4.78, 5) is 27.0. The smallest absolute Gasteiger partial charge is 0.346 e. The van der Waals surface area contributed by atoms with Crippen molar-refractivity contribution in [3.63, 3.8) is 0 Å². The van der Waals surface area contributed by atoms with Gasteiger partial charge >= 0.3 is 12.1 Å². The predicted molar refractivity (Wildman–Crippen MR) is 53.2 cm³/mol. The molecule has 8 nitrogen and oxygen atoms in total. The van der Waals surface area contributed by atoms with Crippen LogP contribution >= 0.6 is 0 Å². The van der Waals surface area contributed by atoms with Gasteiger partial charge in [-0.05, 0) is 0 Å². The minimum atomic E-state index is -0.503. The van der Waals surface area contributed by atoms with E-state index in [4.69, 9.17) is 16.7 Å². The molecule has 0 aliphatic carbocycles. The second-order valence-electron chi connectivity index (χ2n) is 3.62. The Morgan fingerprint density at radius 2 is 2.25 bits per heavy atom. The van der Waals surface area contributed by atoms with E-state index in [1.54, 1.807) is 4.90 Å². The number of nitrogens with two attached hydrogens (primary N) is 2. The monoisotopic (exact) mass is 222 g/mol. The van der Waals surface area contributed by atoms with E-state index in [9.17, 15) is 9.59 Å². The molecule has 0 aromatic heterocycles. The Morgan fingerprint density at radius 3 is 2.38 bits per heavy atom. The number of amides is 4. The SMILES string of the molecule is N#CC1CN1C(N)=O.NC1=NC(=O)N2CC12. The molecule has 0 spiro atoms. The average molecular weight is 222 g/mol. The lowest BCUT2D eigenvalue weighted by Gasteiger charge is -1.88. The highest BCUT2D eigenvalue weighted by Crippen LogP contribution is 2.23. The minimum absolute atomic E-state index is 0.169. The molecular weight excluding hydrogens is 212 g/mol. The van der Waals surface area contributed by atoms with E-state index in [0.29, 0.717) is 12.4 Å². The maximum absolute atomic E-state index is 10.5. The summed E-state index contributed by atoms with van der Waals surface area (Å²) in [6.45, 7) is 1.29. The van der Waals surface area contributed by atoms with Crippen molar-refractivity contribution in [2.45, 2.75) is 12.1 Å². The molecule has 0 saturated carbocycles. The molecule has 2 saturated heterocycles. The predicted octanol–water partition coefficient (Wildman–Crippen LogP) is -1.57. The molecule has 0 bridgehead atoms. The summed E-state index contributed by atoms with van der Waals surface area (Å²) in [6.07, 6.45) is 0. The highest BCUT2D eigenvalue weighted by molar-refractivity contribution is 6.06. The minimum Gasteiger partial charge on any atom is -0.385 e. The first kappa shape index (κ1) is 10.2. The molecule has 2 unspecified atom stereocenters. The highest BCUT2D eigenvalue weighted by Gasteiger charge is 2.46. The highest BCUT2D eigenvalue weighted by atomic mass is 16.2. The molecule has 0 radical (unpaired) electrons. The maximum Gasteiger partial charge on any atom is 0.346 e. The fourth-order valence-corrected chi connectivity index (χ4v) is 1.35. The molecule has 3 heterocycles. The molecule has 84 valence electrons. The van der Waals surface area contributed by atoms with Crippen molar-refractivity contribution in [2.24, 2.45) is 16.5 Å². The number of urea groups is 2. The lowest BCUT2D eigenvalue weighted by molar-refractivity contribution is 0.237. The summed E-state index contributed by atoms with van der Waals surface area (Å²) in [5, 5.41) is 8.13. The number of nitrogens with zero attached hydrogens (tertiary/aromatic N) is 4. The van der Waals surface area contributed by atoms with Gasteiger partial charge in [0.25, 0.3) is 0 Å². The van der Waals surface area contributed by atoms with Crippen LogP contribution < -0.4 is 11.5 Å². The topological polar surface area (TPSA) is 128 Å². The quantitative estimate of drug-likeness (QED) is 0.480. The van der Waals surface area contributed by atoms with Gasteiger partial charge in [-0.15, -0.1) is 0 Å². The van der Waals surface area contributed by atoms with Crippen LogP contribution in [0.25, 0.3) is 0 Å². The van der Waals surface area contributed by atoms with Crippen LogP contribution in [0.1, 0.15) is 0 Å². The van der Waals surface area contributed by atoms with Gasteiger partial charge in [-0.2, -0.15) is 10.3 Å². The van der Waals surface area contributed by atoms with E-state index in [0.717, 1.165) is 6.54 Å². The molecule has 2 fully saturated rings. The van der Waals surface area contributed by atoms with Gasteiger partial charge in [0.15, 0.2) is 0 Å². The Balaban J connectivity index is 0.000000120. The van der Waals surface area contributed by atoms with Crippen molar-refractivity contribution in [2.75, 3.05) is 13.1 Å². The molecule has 3 rings (SSSR count). The average Bonchev–Trinajstić information content (AvgIpc) is 3.12. The zero-order valence-electron chi connectivity index (χ0n) is 8.33. The summed E-state index contributed by atoms with van der Waals surface area (Å²) in [6, 6.07) is 1.14. The first-order valence-corrected chi connectivity index (χ1v) is 4.65. The van der Waals surface area contributed by atoms with Gasteiger partial charge in [-0.1, -0.05) is 0 Å². The van der Waals surface area contributed by atoms with Gasteiger partial charge in [0.05, 0.1) is 19.2 Å². The summed E-state index contributed by atoms with van der Waals surface area (Å²) < 4.78 is 0. The Hall–Kier alpha value is -2.30. The van der Waals surface area contributed by atoms with E-state index >= 15 is 0 Å². The Kier molecular flexibility index (Phi) is 2.16. The largest absolute Gasteiger partial charge is 0.385 e. The van der Waals surface area contributed by atoms with E-state index < -0.39 is 6.03 Å². The Bertz CT molecular complexity index is 425. The van der Waals surface area contributed by atoms with E-state index in [2.05, 4.69) is 4.99 Å². The number of hydrogen-bond donors (Lipinski definition) is 2. The van der Waals surface area contributed by atoms with Gasteiger partial charge in [0.2, 0.25) is 0 Å². The zero-order valence-corrected chi connectivity index (χ0v) is 8.33. The van der Waals surface area contributed by atoms with Crippen LogP contribution in [0.5, 0.6) is 0 Å². The van der Waals surface area contributed by atoms with Gasteiger partial charge < -0.3 is 21.3 Å². The van der Waals surface area contributed by atoms with E-state index in [1.165, 1.54) is 4.90 Å². The van der Waals surface area contributed by atoms with Crippen LogP contribution in [0.3, 0.4) is 0 Å². The second kappa shape index (κ2) is 3.37. The van der Waals surface area contributed by atoms with Crippen LogP contribution in [-0.2, 0) is 0 Å². The van der Waals surface area contributed by atoms with Crippen molar-refractivity contribution in [3.05, 3.63) is 0 Å². The molecule has 4 amide bonds. The van der Waals surface area contributed by atoms with Crippen molar-refractivity contribution >= 4 is 17.9 Å². The second-order valence-corrected chi connectivity index (χ2v) is 3.62. The Morgan fingerprint density at radius 1 is 1.56 bits per heavy atom. The van der Waals surface area contributed by atoms with Crippen molar-refractivity contribution in [3.8, 4) is 6.07 Å². The third-order valence-electron chi connectivity index (χ3n) is 2.47. The van der Waals surface area contributed by atoms with Crippen LogP contribution in [0.2, 0.25) is 0 Å². The molecule has 4 N–H and O–H groups in total. The lowest BCUT2D eigenvalue weighted by atomic mass is 10.4. The molecule has 0 aromatic carbocycles. The van der Waals surface area contributed by atoms with Crippen LogP contribution in [0.4, 0.5) is 9.59 Å². The normalized spacial score (nSPS) is 28.4. The summed E-state index contributed by atoms with van der Waals surface area (Å²) in [5.74, 6) is 0.481. The molecule has 3 aliphatic heterocycles. The zero-order chi connectivity index (χ0) is 11.9. The van der Waals surface area contributed by atoms with Crippen LogP contribution in [0, 0.1) is 11.3 Å². The van der Waals surface area contributed by atoms with Gasteiger partial charge in [0, 0.05) is 0 Å². The molecule has 0 aromatic rings. The third kappa shape index (κ3) is 1.75. The van der Waals surface area contributed by atoms with Crippen LogP contribution in [-0.4, -0.2) is 52.9 Å². The Labute approximate surface area is 91.1 Å². The summed E-state index contributed by atoms with van der Waals surface area (Å²) in [7, 11) is 0. The summed E-state index contributed by atoms with van der Waals surface area (Å²) >= 11 is 0. The van der Waals surface area contributed by atoms with E-state index in [-0.39, 0.29) is 18.1 Å². The maximum atomic E-state index is 10.5. The number of primary amides is 1. The van der Waals surface area contributed by atoms with Crippen molar-refractivity contribution in [1.82, 2.24) is 9.80 Å². The summed E-state index contributed by atoms with van der Waals surface area (Å²) in [5.41, 5.74) is 10.1. The fourth-order valence-electron chi connectivity index (χ4n) is 1.35. The molecule has 3 aliphatic rings. The first-order chi connectivity index (χ1) is 7.54. The van der Waals surface area contributed by atoms with Gasteiger partial charge in [0.1, 0.15) is 17.9 Å². The van der Waals surface area contributed by atoms with Gasteiger partial charge in [-0.25, -0.2) is 9.59 Å². The first-order valence-electron chi connectivity index (χ1n) is 4.65. The van der Waals surface area contributed by atoms with Crippen LogP contribution in [0.15, 0.2) is 4.99 Å². The number of hydrogen-bond acceptors (Lipinski definition) is 4. The number of carbonyl (C=O) groups is 2. The molecule has 2 atom stereocenters. The van der Waals surface area contributed by atoms with E-state index in [1.807, 2.05) is 6.07 Å².